The molecule has 0 saturated heterocycles. The van der Waals surface area contributed by atoms with E-state index >= 15 is 0 Å². The fraction of sp³-hybridized carbons (Fsp3) is 0.250. The van der Waals surface area contributed by atoms with E-state index in [2.05, 4.69) is 24.1 Å². The molecule has 0 aliphatic rings. The molecular formula is C16H17Cl2NO. The molecule has 0 atom stereocenters. The summed E-state index contributed by atoms with van der Waals surface area (Å²) in [6.45, 7) is 1.63. The zero-order chi connectivity index (χ0) is 14.5. The fourth-order valence-corrected chi connectivity index (χ4v) is 2.51. The first-order valence-corrected chi connectivity index (χ1v) is 7.09. The van der Waals surface area contributed by atoms with E-state index in [1.165, 1.54) is 5.56 Å². The summed E-state index contributed by atoms with van der Waals surface area (Å²) in [5.41, 5.74) is 2.31. The van der Waals surface area contributed by atoms with Gasteiger partial charge in [0.15, 0.2) is 0 Å². The normalized spacial score (nSPS) is 10.8. The Morgan fingerprint density at radius 1 is 1.00 bits per heavy atom. The van der Waals surface area contributed by atoms with E-state index in [0.717, 1.165) is 24.4 Å². The van der Waals surface area contributed by atoms with Gasteiger partial charge in [0.05, 0.1) is 7.11 Å². The van der Waals surface area contributed by atoms with E-state index < -0.39 is 0 Å². The maximum Gasteiger partial charge on any atom is 0.118 e. The van der Waals surface area contributed by atoms with Crippen LogP contribution >= 0.6 is 23.2 Å². The molecule has 0 aliphatic carbocycles. The first-order valence-electron chi connectivity index (χ1n) is 6.34. The Hall–Kier alpha value is -1.22. The Balaban J connectivity index is 1.99. The highest BCUT2D eigenvalue weighted by molar-refractivity contribution is 6.35. The summed E-state index contributed by atoms with van der Waals surface area (Å²) in [7, 11) is 3.73. The molecular weight excluding hydrogens is 293 g/mol. The molecule has 106 valence electrons. The van der Waals surface area contributed by atoms with Gasteiger partial charge in [0.2, 0.25) is 0 Å². The molecule has 0 N–H and O–H groups in total. The van der Waals surface area contributed by atoms with Crippen LogP contribution in [0, 0.1) is 0 Å². The molecule has 0 amide bonds. The van der Waals surface area contributed by atoms with Gasteiger partial charge in [0.1, 0.15) is 5.75 Å². The average Bonchev–Trinajstić information content (AvgIpc) is 2.43. The minimum absolute atomic E-state index is 0.663. The van der Waals surface area contributed by atoms with Crippen LogP contribution in [-0.4, -0.2) is 19.1 Å². The van der Waals surface area contributed by atoms with Crippen LogP contribution in [0.25, 0.3) is 0 Å². The Labute approximate surface area is 129 Å². The van der Waals surface area contributed by atoms with Gasteiger partial charge in [-0.2, -0.15) is 0 Å². The summed E-state index contributed by atoms with van der Waals surface area (Å²) < 4.78 is 5.15. The molecule has 2 nitrogen and oxygen atoms in total. The highest BCUT2D eigenvalue weighted by Crippen LogP contribution is 2.22. The average molecular weight is 310 g/mol. The lowest BCUT2D eigenvalue weighted by atomic mass is 10.1. The van der Waals surface area contributed by atoms with Gasteiger partial charge in [-0.05, 0) is 42.4 Å². The van der Waals surface area contributed by atoms with Crippen LogP contribution in [0.5, 0.6) is 5.75 Å². The topological polar surface area (TPSA) is 12.5 Å². The van der Waals surface area contributed by atoms with Crippen LogP contribution < -0.4 is 4.74 Å². The van der Waals surface area contributed by atoms with Gasteiger partial charge in [-0.1, -0.05) is 41.4 Å². The third-order valence-corrected chi connectivity index (χ3v) is 3.65. The summed E-state index contributed by atoms with van der Waals surface area (Å²) in [6, 6.07) is 13.7. The highest BCUT2D eigenvalue weighted by atomic mass is 35.5. The van der Waals surface area contributed by atoms with Crippen molar-refractivity contribution in [1.82, 2.24) is 4.90 Å². The van der Waals surface area contributed by atoms with Crippen LogP contribution in [0.2, 0.25) is 10.0 Å². The zero-order valence-electron chi connectivity index (χ0n) is 11.6. The molecule has 0 unspecified atom stereocenters. The summed E-state index contributed by atoms with van der Waals surface area (Å²) in [5.74, 6) is 0.872. The minimum atomic E-state index is 0.663. The summed E-state index contributed by atoms with van der Waals surface area (Å²) in [6.07, 6.45) is 0. The van der Waals surface area contributed by atoms with Gasteiger partial charge in [0, 0.05) is 23.1 Å². The van der Waals surface area contributed by atoms with Crippen LogP contribution in [0.1, 0.15) is 11.1 Å². The Kier molecular flexibility index (Phi) is 5.30. The highest BCUT2D eigenvalue weighted by Gasteiger charge is 2.06. The monoisotopic (exact) mass is 309 g/mol. The molecule has 0 aromatic heterocycles. The predicted octanol–water partition coefficient (Wildman–Crippen LogP) is 4.63. The van der Waals surface area contributed by atoms with Crippen molar-refractivity contribution in [3.63, 3.8) is 0 Å². The third kappa shape index (κ3) is 4.14. The van der Waals surface area contributed by atoms with Crippen molar-refractivity contribution in [2.24, 2.45) is 0 Å². The van der Waals surface area contributed by atoms with Crippen molar-refractivity contribution >= 4 is 23.2 Å². The van der Waals surface area contributed by atoms with E-state index in [1.807, 2.05) is 24.3 Å². The maximum atomic E-state index is 6.19. The SMILES string of the molecule is COc1ccc(CN(C)Cc2ccc(Cl)cc2Cl)cc1. The standard InChI is InChI=1S/C16H17Cl2NO/c1-19(10-12-3-7-15(20-2)8-4-12)11-13-5-6-14(17)9-16(13)18/h3-9H,10-11H2,1-2H3. The van der Waals surface area contributed by atoms with Gasteiger partial charge in [0.25, 0.3) is 0 Å². The molecule has 2 aromatic carbocycles. The smallest absolute Gasteiger partial charge is 0.118 e. The second-order valence-corrected chi connectivity index (χ2v) is 5.60. The number of methoxy groups -OCH3 is 1. The molecule has 0 spiro atoms. The van der Waals surface area contributed by atoms with E-state index in [0.29, 0.717) is 10.0 Å². The lowest BCUT2D eigenvalue weighted by Crippen LogP contribution is -2.17. The van der Waals surface area contributed by atoms with Crippen molar-refractivity contribution in [2.75, 3.05) is 14.2 Å². The molecule has 4 heteroatoms. The van der Waals surface area contributed by atoms with Crippen LogP contribution in [0.4, 0.5) is 0 Å². The van der Waals surface area contributed by atoms with Gasteiger partial charge < -0.3 is 4.74 Å². The van der Waals surface area contributed by atoms with Crippen molar-refractivity contribution in [3.8, 4) is 5.75 Å². The lowest BCUT2D eigenvalue weighted by molar-refractivity contribution is 0.319. The molecule has 0 bridgehead atoms. The van der Waals surface area contributed by atoms with Crippen LogP contribution in [-0.2, 0) is 13.1 Å². The Morgan fingerprint density at radius 2 is 1.70 bits per heavy atom. The van der Waals surface area contributed by atoms with Crippen molar-refractivity contribution in [1.29, 1.82) is 0 Å². The second kappa shape index (κ2) is 6.98. The predicted molar refractivity (Wildman–Crippen MR) is 84.6 cm³/mol. The first-order chi connectivity index (χ1) is 9.58. The second-order valence-electron chi connectivity index (χ2n) is 4.76. The molecule has 20 heavy (non-hydrogen) atoms. The molecule has 0 radical (unpaired) electrons. The van der Waals surface area contributed by atoms with E-state index in [-0.39, 0.29) is 0 Å². The van der Waals surface area contributed by atoms with Crippen LogP contribution in [0.3, 0.4) is 0 Å². The van der Waals surface area contributed by atoms with Gasteiger partial charge in [-0.3, -0.25) is 4.90 Å². The number of hydrogen-bond acceptors (Lipinski definition) is 2. The molecule has 0 aliphatic heterocycles. The summed E-state index contributed by atoms with van der Waals surface area (Å²) >= 11 is 12.1. The lowest BCUT2D eigenvalue weighted by Gasteiger charge is -2.18. The number of hydrogen-bond donors (Lipinski definition) is 0. The van der Waals surface area contributed by atoms with Crippen molar-refractivity contribution in [3.05, 3.63) is 63.6 Å². The molecule has 2 rings (SSSR count). The van der Waals surface area contributed by atoms with Crippen molar-refractivity contribution < 1.29 is 4.74 Å². The van der Waals surface area contributed by atoms with E-state index in [9.17, 15) is 0 Å². The number of benzene rings is 2. The molecule has 2 aromatic rings. The fourth-order valence-electron chi connectivity index (χ4n) is 2.04. The third-order valence-electron chi connectivity index (χ3n) is 3.07. The van der Waals surface area contributed by atoms with E-state index in [1.54, 1.807) is 13.2 Å². The van der Waals surface area contributed by atoms with E-state index in [4.69, 9.17) is 27.9 Å². The van der Waals surface area contributed by atoms with Crippen LogP contribution in [0.15, 0.2) is 42.5 Å². The van der Waals surface area contributed by atoms with Gasteiger partial charge in [-0.25, -0.2) is 0 Å². The molecule has 0 fully saturated rings. The summed E-state index contributed by atoms with van der Waals surface area (Å²) in [5, 5.41) is 1.37. The Bertz CT molecular complexity index is 569. The molecule has 0 saturated carbocycles. The number of ether oxygens (including phenoxy) is 1. The first kappa shape index (κ1) is 15.2. The Morgan fingerprint density at radius 3 is 2.30 bits per heavy atom. The summed E-state index contributed by atoms with van der Waals surface area (Å²) in [4.78, 5) is 2.21. The van der Waals surface area contributed by atoms with Gasteiger partial charge in [-0.15, -0.1) is 0 Å². The minimum Gasteiger partial charge on any atom is -0.497 e. The zero-order valence-corrected chi connectivity index (χ0v) is 13.1. The quantitative estimate of drug-likeness (QED) is 0.798. The maximum absolute atomic E-state index is 6.19. The largest absolute Gasteiger partial charge is 0.497 e. The number of nitrogens with zero attached hydrogens (tertiary/aromatic N) is 1. The van der Waals surface area contributed by atoms with Crippen molar-refractivity contribution in [2.45, 2.75) is 13.1 Å². The molecule has 0 heterocycles. The number of rotatable bonds is 5. The van der Waals surface area contributed by atoms with Gasteiger partial charge >= 0.3 is 0 Å². The number of halogens is 2.